The topological polar surface area (TPSA) is 82.1 Å². The lowest BCUT2D eigenvalue weighted by atomic mass is 9.96. The molecule has 0 unspecified atom stereocenters. The Balaban J connectivity index is 1.76. The Morgan fingerprint density at radius 1 is 1.25 bits per heavy atom. The van der Waals surface area contributed by atoms with Crippen LogP contribution in [0.25, 0.3) is 0 Å². The van der Waals surface area contributed by atoms with Gasteiger partial charge in [0, 0.05) is 18.5 Å². The molecule has 3 aliphatic rings. The normalized spacial score (nSPS) is 35.3. The largest absolute Gasteiger partial charge is 0.347 e. The highest BCUT2D eigenvalue weighted by atomic mass is 16.7. The molecule has 0 radical (unpaired) electrons. The molecule has 0 aromatic heterocycles. The second-order valence-electron chi connectivity index (χ2n) is 9.24. The van der Waals surface area contributed by atoms with Crippen molar-refractivity contribution in [2.75, 3.05) is 6.54 Å². The molecule has 0 aliphatic carbocycles. The van der Waals surface area contributed by atoms with Crippen molar-refractivity contribution < 1.29 is 19.4 Å². The van der Waals surface area contributed by atoms with E-state index in [0.717, 1.165) is 12.0 Å². The van der Waals surface area contributed by atoms with Crippen LogP contribution in [0.1, 0.15) is 46.1 Å². The van der Waals surface area contributed by atoms with Gasteiger partial charge in [0.2, 0.25) is 11.6 Å². The van der Waals surface area contributed by atoms with Gasteiger partial charge in [0.25, 0.3) is 11.8 Å². The first-order chi connectivity index (χ1) is 13.1. The van der Waals surface area contributed by atoms with Crippen molar-refractivity contribution in [2.45, 2.75) is 76.2 Å². The van der Waals surface area contributed by atoms with Crippen molar-refractivity contribution in [1.82, 2.24) is 15.1 Å². The molecule has 1 aromatic rings. The number of carbonyl (C=O) groups is 2. The van der Waals surface area contributed by atoms with E-state index in [1.807, 2.05) is 51.1 Å². The molecular formula is C21H29N3O4. The van der Waals surface area contributed by atoms with Crippen LogP contribution in [0.4, 0.5) is 0 Å². The Hall–Kier alpha value is -1.96. The first kappa shape index (κ1) is 19.4. The number of rotatable bonds is 3. The third-order valence-electron chi connectivity index (χ3n) is 5.78. The summed E-state index contributed by atoms with van der Waals surface area (Å²) in [5.74, 6) is -2.34. The Morgan fingerprint density at radius 3 is 2.57 bits per heavy atom. The minimum atomic E-state index is -1.83. The molecule has 152 valence electrons. The summed E-state index contributed by atoms with van der Waals surface area (Å²) in [5, 5.41) is 14.8. The first-order valence-electron chi connectivity index (χ1n) is 9.95. The molecule has 7 nitrogen and oxygen atoms in total. The SMILES string of the molecule is CC(C)(C)N[C@]1(C)O[C@@]2(O)[C@@H]3CCCN3C(=O)[C@H](Cc3ccccc3)N2C1=O. The fourth-order valence-corrected chi connectivity index (χ4v) is 4.90. The lowest BCUT2D eigenvalue weighted by Gasteiger charge is -2.48. The van der Waals surface area contributed by atoms with E-state index in [1.54, 1.807) is 11.8 Å². The predicted octanol–water partition coefficient (Wildman–Crippen LogP) is 1.21. The first-order valence-corrected chi connectivity index (χ1v) is 9.95. The number of piperazine rings is 1. The zero-order chi connectivity index (χ0) is 20.3. The van der Waals surface area contributed by atoms with Crippen LogP contribution < -0.4 is 5.32 Å². The van der Waals surface area contributed by atoms with Gasteiger partial charge in [-0.05, 0) is 46.1 Å². The van der Waals surface area contributed by atoms with Crippen LogP contribution in [0.5, 0.6) is 0 Å². The van der Waals surface area contributed by atoms with E-state index < -0.39 is 35.2 Å². The average molecular weight is 387 g/mol. The maximum atomic E-state index is 13.5. The van der Waals surface area contributed by atoms with Gasteiger partial charge in [0.05, 0.1) is 0 Å². The highest BCUT2D eigenvalue weighted by Crippen LogP contribution is 2.46. The van der Waals surface area contributed by atoms with Crippen LogP contribution in [-0.2, 0) is 20.7 Å². The molecule has 4 atom stereocenters. The quantitative estimate of drug-likeness (QED) is 0.815. The minimum absolute atomic E-state index is 0.118. The zero-order valence-corrected chi connectivity index (χ0v) is 16.9. The third-order valence-corrected chi connectivity index (χ3v) is 5.78. The summed E-state index contributed by atoms with van der Waals surface area (Å²) >= 11 is 0. The van der Waals surface area contributed by atoms with Gasteiger partial charge in [-0.3, -0.25) is 19.8 Å². The molecule has 3 aliphatic heterocycles. The second-order valence-corrected chi connectivity index (χ2v) is 9.24. The Morgan fingerprint density at radius 2 is 1.93 bits per heavy atom. The summed E-state index contributed by atoms with van der Waals surface area (Å²) in [6.07, 6.45) is 1.73. The fourth-order valence-electron chi connectivity index (χ4n) is 4.90. The molecule has 3 fully saturated rings. The van der Waals surface area contributed by atoms with Crippen LogP contribution >= 0.6 is 0 Å². The Kier molecular flexibility index (Phi) is 4.34. The van der Waals surface area contributed by atoms with Gasteiger partial charge in [-0.2, -0.15) is 0 Å². The van der Waals surface area contributed by atoms with Crippen LogP contribution in [0.15, 0.2) is 30.3 Å². The number of nitrogens with one attached hydrogen (secondary N) is 1. The lowest BCUT2D eigenvalue weighted by Crippen LogP contribution is -2.71. The van der Waals surface area contributed by atoms with E-state index in [4.69, 9.17) is 4.74 Å². The van der Waals surface area contributed by atoms with Crippen LogP contribution in [0, 0.1) is 0 Å². The molecule has 0 saturated carbocycles. The standard InChI is InChI=1S/C21H29N3O4/c1-19(2,3)22-20(4)18(26)24-15(13-14-9-6-5-7-10-14)17(25)23-12-8-11-16(23)21(24,27)28-20/h5-7,9-10,15-16,22,27H,8,11-13H2,1-4H3/t15-,16-,20+,21-/m0/s1. The molecule has 1 aromatic carbocycles. The molecule has 3 heterocycles. The number of benzene rings is 1. The Bertz CT molecular complexity index is 793. The van der Waals surface area contributed by atoms with E-state index >= 15 is 0 Å². The van der Waals surface area contributed by atoms with Gasteiger partial charge in [0.1, 0.15) is 12.1 Å². The molecule has 0 bridgehead atoms. The maximum Gasteiger partial charge on any atom is 0.275 e. The number of hydrogen-bond acceptors (Lipinski definition) is 5. The van der Waals surface area contributed by atoms with Crippen molar-refractivity contribution in [3.05, 3.63) is 35.9 Å². The van der Waals surface area contributed by atoms with E-state index in [-0.39, 0.29) is 5.91 Å². The molecule has 0 spiro atoms. The van der Waals surface area contributed by atoms with Gasteiger partial charge in [-0.25, -0.2) is 0 Å². The highest BCUT2D eigenvalue weighted by molar-refractivity contribution is 5.94. The lowest BCUT2D eigenvalue weighted by molar-refractivity contribution is -0.317. The number of hydrogen-bond donors (Lipinski definition) is 2. The van der Waals surface area contributed by atoms with E-state index in [1.165, 1.54) is 4.90 Å². The second kappa shape index (κ2) is 6.27. The van der Waals surface area contributed by atoms with Gasteiger partial charge < -0.3 is 14.7 Å². The molecule has 28 heavy (non-hydrogen) atoms. The summed E-state index contributed by atoms with van der Waals surface area (Å²) in [5.41, 5.74) is -0.879. The summed E-state index contributed by atoms with van der Waals surface area (Å²) in [6.45, 7) is 8.02. The summed E-state index contributed by atoms with van der Waals surface area (Å²) in [4.78, 5) is 29.8. The molecule has 2 amide bonds. The monoisotopic (exact) mass is 387 g/mol. The van der Waals surface area contributed by atoms with Gasteiger partial charge in [0.15, 0.2) is 0 Å². The van der Waals surface area contributed by atoms with E-state index in [0.29, 0.717) is 19.4 Å². The van der Waals surface area contributed by atoms with E-state index in [9.17, 15) is 14.7 Å². The number of carbonyl (C=O) groups excluding carboxylic acids is 2. The average Bonchev–Trinajstić information content (AvgIpc) is 3.15. The smallest absolute Gasteiger partial charge is 0.275 e. The maximum absolute atomic E-state index is 13.5. The van der Waals surface area contributed by atoms with Crippen LogP contribution in [-0.4, -0.2) is 62.5 Å². The van der Waals surface area contributed by atoms with Crippen molar-refractivity contribution >= 4 is 11.8 Å². The third kappa shape index (κ3) is 2.93. The molecule has 3 saturated heterocycles. The fraction of sp³-hybridized carbons (Fsp3) is 0.619. The summed E-state index contributed by atoms with van der Waals surface area (Å²) < 4.78 is 6.09. The number of ether oxygens (including phenoxy) is 1. The minimum Gasteiger partial charge on any atom is -0.347 e. The summed E-state index contributed by atoms with van der Waals surface area (Å²) in [7, 11) is 0. The van der Waals surface area contributed by atoms with Crippen molar-refractivity contribution in [1.29, 1.82) is 0 Å². The van der Waals surface area contributed by atoms with Crippen molar-refractivity contribution in [3.63, 3.8) is 0 Å². The van der Waals surface area contributed by atoms with E-state index in [2.05, 4.69) is 5.32 Å². The Labute approximate surface area is 165 Å². The molecular weight excluding hydrogens is 358 g/mol. The number of aliphatic hydroxyl groups is 1. The van der Waals surface area contributed by atoms with Crippen molar-refractivity contribution in [2.24, 2.45) is 0 Å². The van der Waals surface area contributed by atoms with Gasteiger partial charge in [-0.15, -0.1) is 0 Å². The van der Waals surface area contributed by atoms with Crippen LogP contribution in [0.2, 0.25) is 0 Å². The molecule has 7 heteroatoms. The number of nitrogens with zero attached hydrogens (tertiary/aromatic N) is 2. The van der Waals surface area contributed by atoms with Gasteiger partial charge in [-0.1, -0.05) is 30.3 Å². The highest BCUT2D eigenvalue weighted by Gasteiger charge is 2.69. The van der Waals surface area contributed by atoms with Crippen molar-refractivity contribution in [3.8, 4) is 0 Å². The number of amides is 2. The number of fused-ring (bicyclic) bond motifs is 3. The predicted molar refractivity (Wildman–Crippen MR) is 103 cm³/mol. The molecule has 4 rings (SSSR count). The zero-order valence-electron chi connectivity index (χ0n) is 16.9. The summed E-state index contributed by atoms with van der Waals surface area (Å²) in [6, 6.07) is 8.24. The van der Waals surface area contributed by atoms with Gasteiger partial charge >= 0.3 is 0 Å². The van der Waals surface area contributed by atoms with Crippen LogP contribution in [0.3, 0.4) is 0 Å². The molecule has 2 N–H and O–H groups in total.